The van der Waals surface area contributed by atoms with E-state index < -0.39 is 275 Å². The van der Waals surface area contributed by atoms with E-state index in [0.717, 1.165) is 0 Å². The van der Waals surface area contributed by atoms with E-state index in [-0.39, 0.29) is 36.7 Å². The molecule has 21 aliphatic rings. The van der Waals surface area contributed by atoms with Gasteiger partial charge in [-0.1, -0.05) is 0 Å². The average molecular weight is 1440 g/mol. The van der Waals surface area contributed by atoms with Crippen molar-refractivity contribution in [2.45, 2.75) is 215 Å². The molecule has 0 aliphatic carbocycles. The summed E-state index contributed by atoms with van der Waals surface area (Å²) < 4.78 is 149. The summed E-state index contributed by atoms with van der Waals surface area (Å²) in [6.45, 7) is -6.27. The predicted octanol–water partition coefficient (Wildman–Crippen LogP) is -25.2. The number of aliphatic hydroxyl groups is 20. The van der Waals surface area contributed by atoms with Gasteiger partial charge < -0.3 is 179 Å². The summed E-state index contributed by atoms with van der Waals surface area (Å²) in [5.41, 5.74) is 5.66. The van der Waals surface area contributed by atoms with Crippen molar-refractivity contribution in [3.8, 4) is 0 Å². The second-order valence-electron chi connectivity index (χ2n) is 21.2. The first-order chi connectivity index (χ1) is 42.2. The number of hydrogen-bond donors (Lipinski definition) is 22. The molecule has 47 heteroatoms. The number of rotatable bonds is 10. The van der Waals surface area contributed by atoms with E-state index in [0.29, 0.717) is 0 Å². The van der Waals surface area contributed by atoms with Crippen LogP contribution < -0.4 is 48.3 Å². The first-order valence-corrected chi connectivity index (χ1v) is 29.6. The number of nitrogens with one attached hydrogen (secondary N) is 1. The largest absolute Gasteiger partial charge is 2.00 e. The van der Waals surface area contributed by atoms with Gasteiger partial charge in [-0.25, -0.2) is 37.3 Å². The van der Waals surface area contributed by atoms with Gasteiger partial charge in [0.1, 0.15) is 171 Å². The van der Waals surface area contributed by atoms with Gasteiger partial charge in [0.2, 0.25) is 0 Å². The Morgan fingerprint density at radius 2 is 0.407 bits per heavy atom. The maximum atomic E-state index is 11.6. The Morgan fingerprint density at radius 3 is 0.549 bits per heavy atom. The van der Waals surface area contributed by atoms with Crippen LogP contribution in [0.1, 0.15) is 0 Å². The molecule has 1 radical (unpaired) electrons. The zero-order valence-corrected chi connectivity index (χ0v) is 49.1. The van der Waals surface area contributed by atoms with Crippen molar-refractivity contribution in [1.29, 1.82) is 0 Å². The third kappa shape index (κ3) is 20.1. The van der Waals surface area contributed by atoms with Gasteiger partial charge in [0.25, 0.3) is 0 Å². The van der Waals surface area contributed by atoms with Gasteiger partial charge >= 0.3 is 17.1 Å². The van der Waals surface area contributed by atoms with Crippen LogP contribution in [0.15, 0.2) is 0 Å². The van der Waals surface area contributed by atoms with E-state index in [1.165, 1.54) is 0 Å². The summed E-state index contributed by atoms with van der Waals surface area (Å²) >= 11 is 0. The Kier molecular flexibility index (Phi) is 31.5. The zero-order valence-electron chi connectivity index (χ0n) is 46.6. The average Bonchev–Trinajstić information content (AvgIpc) is 0.828. The molecule has 21 heterocycles. The van der Waals surface area contributed by atoms with Crippen LogP contribution in [0, 0.1) is 20.5 Å². The molecule has 21 saturated heterocycles. The minimum absolute atomic E-state index is 0. The fraction of sp³-hybridized carbons (Fsp3) is 1.00. The Balaban J connectivity index is 0.00000127. The topological polar surface area (TPSA) is 756 Å². The van der Waals surface area contributed by atoms with Gasteiger partial charge in [0.15, 0.2) is 44.0 Å². The molecule has 21 fully saturated rings. The first-order valence-electron chi connectivity index (χ1n) is 27.2. The molecule has 21 rings (SSSR count). The summed E-state index contributed by atoms with van der Waals surface area (Å²) in [4.78, 5) is 0. The van der Waals surface area contributed by atoms with Crippen LogP contribution in [-0.4, -0.2) is 376 Å². The van der Waals surface area contributed by atoms with Crippen LogP contribution in [0.2, 0.25) is 0 Å². The quantitative estimate of drug-likeness (QED) is 0.0713. The summed E-state index contributed by atoms with van der Waals surface area (Å²) in [6.07, 6.45) is -69.1. The van der Waals surface area contributed by atoms with Crippen LogP contribution in [0.3, 0.4) is 0 Å². The Labute approximate surface area is 527 Å². The van der Waals surface area contributed by atoms with Crippen LogP contribution in [0.5, 0.6) is 0 Å². The molecule has 0 aromatic heterocycles. The van der Waals surface area contributed by atoms with Crippen LogP contribution in [0.4, 0.5) is 0 Å². The summed E-state index contributed by atoms with van der Waals surface area (Å²) in [5, 5.41) is 225. The van der Waals surface area contributed by atoms with E-state index in [4.69, 9.17) is 109 Å². The number of ether oxygens (including phenoxy) is 14. The molecule has 23 N–H and O–H groups in total. The molecule has 91 heavy (non-hydrogen) atoms. The summed E-state index contributed by atoms with van der Waals surface area (Å²) in [6, 6.07) is 0. The SMILES string of the molecule is NCCNC[C@H]1O[C@@H]2O[C@H]3[C@H](O)[C@H](O)[C@@H](O[C@H]4[C@H](O)[C@H](O)[C@@H](O[C@H]5[C@H](O)[C@@H](O)[C@@H](O[C@H]6[C@H](O)[C@@H](O)[C@@H](O[C@H]7[C@H](O)[C@@H](O)[C@@H](O[C@H]8[C@H](O)[C@@H](O)[C@@H](O[C@H]1[C@H](O)[C@H]2O)O[C@@H]8CO)O[C@@H]7CO)O[C@@H]6CO)O[C@@H]5CO)O[C@@H]4CO)O[C@@H]3CO.[Cu+2].[O-][Cl+3]([O-])([O-])[O-].[O-][Cl+3]([O-])([O-])[O-]. The van der Waals surface area contributed by atoms with E-state index in [2.05, 4.69) is 5.32 Å². The molecule has 0 amide bonds. The maximum Gasteiger partial charge on any atom is 2.00 e. The number of halogens is 2. The summed E-state index contributed by atoms with van der Waals surface area (Å²) in [5.74, 6) is 0. The minimum Gasteiger partial charge on any atom is -0.394 e. The molecule has 0 unspecified atom stereocenters. The van der Waals surface area contributed by atoms with Gasteiger partial charge in [-0.2, -0.15) is 0 Å². The molecule has 0 spiro atoms. The second-order valence-corrected chi connectivity index (χ2v) is 22.7. The molecule has 0 aromatic rings. The molecule has 35 atom stereocenters. The monoisotopic (exact) mass is 1440 g/mol. The van der Waals surface area contributed by atoms with Crippen molar-refractivity contribution in [2.24, 2.45) is 5.73 Å². The maximum absolute atomic E-state index is 11.6. The smallest absolute Gasteiger partial charge is 0.394 e. The zero-order chi connectivity index (χ0) is 67.2. The van der Waals surface area contributed by atoms with E-state index >= 15 is 0 Å². The molecule has 0 saturated carbocycles. The van der Waals surface area contributed by atoms with Crippen molar-refractivity contribution in [3.63, 3.8) is 0 Å². The van der Waals surface area contributed by atoms with Crippen LogP contribution in [-0.2, 0) is 83.4 Å². The van der Waals surface area contributed by atoms with Gasteiger partial charge in [-0.15, -0.1) is 20.5 Å². The molecule has 0 aromatic carbocycles. The van der Waals surface area contributed by atoms with Crippen molar-refractivity contribution in [1.82, 2.24) is 5.32 Å². The number of aliphatic hydroxyl groups excluding tert-OH is 20. The van der Waals surface area contributed by atoms with Crippen LogP contribution in [0.25, 0.3) is 0 Å². The standard InChI is InChI=1S/C44H76N2O34.2ClHO4.Cu/c45-1-2-46-3-10-31-17(53)24(60)38(67-10)75-32-11(4-47)69-40(26(62)19(32)55)77-34-13(6-49)71-42(28(64)21(34)57)79-36-15(8-51)73-44(30(66)23(36)59)80-37-16(9-52)72-43(29(65)22(37)58)78-35-14(7-50)70-41(27(63)20(35)56)76-33-12(5-48)68-39(74-31)25(61)18(33)54;2*2-1(3,4)5;/h10-44,46-66H,1-9,45H2;2*(H,2,3,4,5);/q;;;+2/p-2/t10-,11-,12-,13-,14-,15-,16-,17-,18-,19-,20-,21-,22-,23-,24-,25-,26+,27-,28+,29-,30-,31-,32-,33-,34-,35-,36-,37-,38-,39-,40-,41-,42-,43-,44-;;;/m1.../s1. The van der Waals surface area contributed by atoms with Crippen molar-refractivity contribution < 1.29 is 243 Å². The van der Waals surface area contributed by atoms with Crippen LogP contribution >= 0.6 is 0 Å². The van der Waals surface area contributed by atoms with Gasteiger partial charge in [-0.3, -0.25) is 0 Å². The second kappa shape index (κ2) is 35.4. The fourth-order valence-corrected chi connectivity index (χ4v) is 10.8. The van der Waals surface area contributed by atoms with E-state index in [1.54, 1.807) is 0 Å². The summed E-state index contributed by atoms with van der Waals surface area (Å²) in [7, 11) is -9.89. The van der Waals surface area contributed by atoms with Crippen molar-refractivity contribution >= 4 is 0 Å². The van der Waals surface area contributed by atoms with E-state index in [1.807, 2.05) is 0 Å². The molecule has 539 valence electrons. The normalized spacial score (nSPS) is 48.6. The molecule has 21 aliphatic heterocycles. The first kappa shape index (κ1) is 81.0. The Hall–Kier alpha value is -0.661. The molecular weight excluding hydrogens is 1360 g/mol. The van der Waals surface area contributed by atoms with Crippen molar-refractivity contribution in [3.05, 3.63) is 0 Å². The minimum atomic E-state index is -4.94. The van der Waals surface area contributed by atoms with Crippen molar-refractivity contribution in [2.75, 3.05) is 59.3 Å². The molecular formula is C44H76Cl2CuN2O42. The van der Waals surface area contributed by atoms with Gasteiger partial charge in [0, 0.05) is 19.6 Å². The number of nitrogens with two attached hydrogens (primary N) is 1. The third-order valence-corrected chi connectivity index (χ3v) is 15.3. The molecule has 14 bridgehead atoms. The Bertz CT molecular complexity index is 2070. The fourth-order valence-electron chi connectivity index (χ4n) is 10.8. The number of hydrogen-bond acceptors (Lipinski definition) is 44. The van der Waals surface area contributed by atoms with Gasteiger partial charge in [-0.05, 0) is 0 Å². The third-order valence-electron chi connectivity index (χ3n) is 15.3. The van der Waals surface area contributed by atoms with Gasteiger partial charge in [0.05, 0.1) is 39.6 Å². The molecule has 44 nitrogen and oxygen atoms in total. The Morgan fingerprint density at radius 1 is 0.264 bits per heavy atom. The van der Waals surface area contributed by atoms with E-state index in [9.17, 15) is 102 Å². The predicted molar refractivity (Wildman–Crippen MR) is 243 cm³/mol.